The Balaban J connectivity index is 1.30. The van der Waals surface area contributed by atoms with Gasteiger partial charge in [0, 0.05) is 47.8 Å². The number of rotatable bonds is 5. The van der Waals surface area contributed by atoms with Crippen molar-refractivity contribution in [1.82, 2.24) is 9.88 Å². The maximum atomic E-state index is 13.0. The van der Waals surface area contributed by atoms with E-state index < -0.39 is 11.7 Å². The first-order chi connectivity index (χ1) is 16.2. The molecule has 2 amide bonds. The second-order valence-electron chi connectivity index (χ2n) is 7.70. The highest BCUT2D eigenvalue weighted by molar-refractivity contribution is 7.14. The van der Waals surface area contributed by atoms with Gasteiger partial charge in [-0.1, -0.05) is 17.7 Å². The summed E-state index contributed by atoms with van der Waals surface area (Å²) in [6.45, 7) is 1.68. The molecule has 4 rings (SSSR count). The molecule has 1 N–H and O–H groups in total. The molecule has 1 aliphatic rings. The summed E-state index contributed by atoms with van der Waals surface area (Å²) in [5.41, 5.74) is 0.783. The highest BCUT2D eigenvalue weighted by atomic mass is 35.5. The molecule has 0 unspecified atom stereocenters. The number of thiazole rings is 1. The predicted molar refractivity (Wildman–Crippen MR) is 125 cm³/mol. The van der Waals surface area contributed by atoms with Gasteiger partial charge in [-0.2, -0.15) is 13.2 Å². The van der Waals surface area contributed by atoms with E-state index in [0.29, 0.717) is 53.3 Å². The van der Waals surface area contributed by atoms with E-state index in [-0.39, 0.29) is 18.2 Å². The van der Waals surface area contributed by atoms with Crippen molar-refractivity contribution in [3.05, 3.63) is 75.8 Å². The van der Waals surface area contributed by atoms with E-state index in [1.54, 1.807) is 40.6 Å². The van der Waals surface area contributed by atoms with Gasteiger partial charge in [0.05, 0.1) is 17.7 Å². The quantitative estimate of drug-likeness (QED) is 0.529. The van der Waals surface area contributed by atoms with Crippen molar-refractivity contribution < 1.29 is 22.8 Å². The van der Waals surface area contributed by atoms with Crippen molar-refractivity contribution in [2.45, 2.75) is 12.6 Å². The van der Waals surface area contributed by atoms with Crippen molar-refractivity contribution in [3.8, 4) is 0 Å². The Labute approximate surface area is 203 Å². The van der Waals surface area contributed by atoms with Crippen LogP contribution in [0.15, 0.2) is 53.9 Å². The van der Waals surface area contributed by atoms with Crippen LogP contribution in [-0.2, 0) is 17.4 Å². The van der Waals surface area contributed by atoms with E-state index >= 15 is 0 Å². The van der Waals surface area contributed by atoms with Gasteiger partial charge in [0.2, 0.25) is 5.91 Å². The largest absolute Gasteiger partial charge is 0.416 e. The molecule has 34 heavy (non-hydrogen) atoms. The number of hydrogen-bond acceptors (Lipinski definition) is 5. The first-order valence-corrected chi connectivity index (χ1v) is 11.7. The van der Waals surface area contributed by atoms with Crippen LogP contribution in [0.1, 0.15) is 21.6 Å². The lowest BCUT2D eigenvalue weighted by Crippen LogP contribution is -2.49. The fraction of sp³-hybridized carbons (Fsp3) is 0.261. The lowest BCUT2D eigenvalue weighted by atomic mass is 10.1. The number of alkyl halides is 3. The van der Waals surface area contributed by atoms with Crippen LogP contribution in [-0.4, -0.2) is 47.9 Å². The van der Waals surface area contributed by atoms with Crippen molar-refractivity contribution in [3.63, 3.8) is 0 Å². The van der Waals surface area contributed by atoms with Gasteiger partial charge in [-0.15, -0.1) is 11.3 Å². The molecule has 0 bridgehead atoms. The van der Waals surface area contributed by atoms with Gasteiger partial charge in [0.15, 0.2) is 5.13 Å². The summed E-state index contributed by atoms with van der Waals surface area (Å²) in [6.07, 6.45) is -4.31. The summed E-state index contributed by atoms with van der Waals surface area (Å²) >= 11 is 7.06. The minimum atomic E-state index is -4.39. The minimum absolute atomic E-state index is 0.0802. The van der Waals surface area contributed by atoms with Crippen LogP contribution in [0.5, 0.6) is 0 Å². The van der Waals surface area contributed by atoms with Gasteiger partial charge in [-0.25, -0.2) is 4.98 Å². The second kappa shape index (κ2) is 10.0. The number of carbonyl (C=O) groups excluding carboxylic acids is 2. The SMILES string of the molecule is O=C(Nc1nc(CC(=O)N2CCN(c3cccc(C(F)(F)F)c3)CC2)cs1)c1ccc(Cl)cc1. The van der Waals surface area contributed by atoms with Crippen molar-refractivity contribution in [1.29, 1.82) is 0 Å². The Morgan fingerprint density at radius 3 is 2.44 bits per heavy atom. The van der Waals surface area contributed by atoms with Crippen molar-refractivity contribution in [2.75, 3.05) is 36.4 Å². The van der Waals surface area contributed by atoms with Crippen LogP contribution in [0, 0.1) is 0 Å². The fourth-order valence-corrected chi connectivity index (χ4v) is 4.41. The highest BCUT2D eigenvalue weighted by Crippen LogP contribution is 2.32. The van der Waals surface area contributed by atoms with Gasteiger partial charge in [0.1, 0.15) is 0 Å². The molecule has 11 heteroatoms. The summed E-state index contributed by atoms with van der Waals surface area (Å²) in [4.78, 5) is 32.8. The van der Waals surface area contributed by atoms with Crippen LogP contribution in [0.3, 0.4) is 0 Å². The highest BCUT2D eigenvalue weighted by Gasteiger charge is 2.31. The molecule has 0 radical (unpaired) electrons. The third kappa shape index (κ3) is 5.87. The number of halogens is 4. The van der Waals surface area contributed by atoms with E-state index in [1.807, 2.05) is 4.90 Å². The lowest BCUT2D eigenvalue weighted by molar-refractivity contribution is -0.137. The van der Waals surface area contributed by atoms with Crippen molar-refractivity contribution in [2.24, 2.45) is 0 Å². The average Bonchev–Trinajstić information content (AvgIpc) is 3.25. The number of piperazine rings is 1. The molecule has 1 fully saturated rings. The summed E-state index contributed by atoms with van der Waals surface area (Å²) < 4.78 is 38.9. The van der Waals surface area contributed by atoms with E-state index in [9.17, 15) is 22.8 Å². The second-order valence-corrected chi connectivity index (χ2v) is 8.99. The normalized spacial score (nSPS) is 14.2. The molecule has 0 aliphatic carbocycles. The Kier molecular flexibility index (Phi) is 7.08. The number of benzene rings is 2. The standard InChI is InChI=1S/C23H20ClF3N4O2S/c24-17-6-4-15(5-7-17)21(33)29-22-28-18(14-34-22)13-20(32)31-10-8-30(9-11-31)19-3-1-2-16(12-19)23(25,26)27/h1-7,12,14H,8-11,13H2,(H,28,29,33). The van der Waals surface area contributed by atoms with Crippen LogP contribution >= 0.6 is 22.9 Å². The Morgan fingerprint density at radius 1 is 1.06 bits per heavy atom. The number of anilines is 2. The Bertz CT molecular complexity index is 1180. The van der Waals surface area contributed by atoms with Crippen molar-refractivity contribution >= 4 is 45.6 Å². The summed E-state index contributed by atoms with van der Waals surface area (Å²) in [5, 5.41) is 5.34. The Morgan fingerprint density at radius 2 is 1.76 bits per heavy atom. The molecule has 2 heterocycles. The monoisotopic (exact) mass is 508 g/mol. The third-order valence-corrected chi connectivity index (χ3v) is 6.44. The molecule has 0 spiro atoms. The molecule has 0 atom stereocenters. The Hall–Kier alpha value is -3.11. The van der Waals surface area contributed by atoms with Gasteiger partial charge >= 0.3 is 6.18 Å². The van der Waals surface area contributed by atoms with Gasteiger partial charge in [0.25, 0.3) is 5.91 Å². The molecular formula is C23H20ClF3N4O2S. The number of nitrogens with one attached hydrogen (secondary N) is 1. The van der Waals surface area contributed by atoms with Crippen LogP contribution in [0.25, 0.3) is 0 Å². The zero-order chi connectivity index (χ0) is 24.3. The van der Waals surface area contributed by atoms with Gasteiger partial charge in [-0.3, -0.25) is 14.9 Å². The first kappa shape index (κ1) is 24.0. The first-order valence-electron chi connectivity index (χ1n) is 10.4. The molecule has 6 nitrogen and oxygen atoms in total. The van der Waals surface area contributed by atoms with E-state index in [1.165, 1.54) is 17.4 Å². The summed E-state index contributed by atoms with van der Waals surface area (Å²) in [5.74, 6) is -0.445. The molecular weight excluding hydrogens is 489 g/mol. The molecule has 3 aromatic rings. The number of carbonyl (C=O) groups is 2. The molecule has 2 aromatic carbocycles. The average molecular weight is 509 g/mol. The fourth-order valence-electron chi connectivity index (χ4n) is 3.58. The molecule has 1 aromatic heterocycles. The van der Waals surface area contributed by atoms with Gasteiger partial charge < -0.3 is 9.80 Å². The maximum absolute atomic E-state index is 13.0. The lowest BCUT2D eigenvalue weighted by Gasteiger charge is -2.36. The van der Waals surface area contributed by atoms with E-state index in [2.05, 4.69) is 10.3 Å². The smallest absolute Gasteiger partial charge is 0.368 e. The van der Waals surface area contributed by atoms with E-state index in [4.69, 9.17) is 11.6 Å². The maximum Gasteiger partial charge on any atom is 0.416 e. The molecule has 178 valence electrons. The van der Waals surface area contributed by atoms with Gasteiger partial charge in [-0.05, 0) is 42.5 Å². The topological polar surface area (TPSA) is 65.5 Å². The van der Waals surface area contributed by atoms with Crippen LogP contribution < -0.4 is 10.2 Å². The van der Waals surface area contributed by atoms with E-state index in [0.717, 1.165) is 12.1 Å². The predicted octanol–water partition coefficient (Wildman–Crippen LogP) is 4.96. The molecule has 1 saturated heterocycles. The molecule has 0 saturated carbocycles. The number of amides is 2. The number of hydrogen-bond donors (Lipinski definition) is 1. The zero-order valence-corrected chi connectivity index (χ0v) is 19.4. The van der Waals surface area contributed by atoms with Crippen LogP contribution in [0.4, 0.5) is 24.0 Å². The van der Waals surface area contributed by atoms with Crippen LogP contribution in [0.2, 0.25) is 5.02 Å². The summed E-state index contributed by atoms with van der Waals surface area (Å²) in [7, 11) is 0. The number of aromatic nitrogens is 1. The zero-order valence-electron chi connectivity index (χ0n) is 17.8. The number of nitrogens with zero attached hydrogens (tertiary/aromatic N) is 3. The third-order valence-electron chi connectivity index (χ3n) is 5.38. The molecule has 1 aliphatic heterocycles. The summed E-state index contributed by atoms with van der Waals surface area (Å²) in [6, 6.07) is 11.7. The minimum Gasteiger partial charge on any atom is -0.368 e.